The predicted octanol–water partition coefficient (Wildman–Crippen LogP) is 1.45. The van der Waals surface area contributed by atoms with Gasteiger partial charge in [-0.3, -0.25) is 5.32 Å². The second-order valence-corrected chi connectivity index (χ2v) is 3.57. The fourth-order valence-electron chi connectivity index (χ4n) is 1.90. The van der Waals surface area contributed by atoms with Gasteiger partial charge in [-0.15, -0.1) is 0 Å². The molecule has 0 heterocycles. The van der Waals surface area contributed by atoms with Gasteiger partial charge in [0.2, 0.25) is 0 Å². The van der Waals surface area contributed by atoms with E-state index in [4.69, 9.17) is 10.00 Å². The summed E-state index contributed by atoms with van der Waals surface area (Å²) in [5.74, 6) is 0. The molecule has 1 fully saturated rings. The van der Waals surface area contributed by atoms with Crippen LogP contribution in [0.25, 0.3) is 0 Å². The zero-order valence-electron chi connectivity index (χ0n) is 8.42. The van der Waals surface area contributed by atoms with Crippen LogP contribution in [0.1, 0.15) is 32.6 Å². The molecule has 0 aromatic heterocycles. The highest BCUT2D eigenvalue weighted by molar-refractivity contribution is 4.94. The maximum Gasteiger partial charge on any atom is 0.0953 e. The van der Waals surface area contributed by atoms with E-state index in [0.717, 1.165) is 19.3 Å². The average molecular weight is 182 g/mol. The van der Waals surface area contributed by atoms with Crippen molar-refractivity contribution in [2.75, 3.05) is 7.11 Å². The van der Waals surface area contributed by atoms with Crippen molar-refractivity contribution in [2.45, 2.75) is 50.8 Å². The summed E-state index contributed by atoms with van der Waals surface area (Å²) in [6.07, 6.45) is 4.64. The molecule has 0 spiro atoms. The van der Waals surface area contributed by atoms with Crippen LogP contribution in [-0.2, 0) is 4.74 Å². The molecule has 0 saturated heterocycles. The molecule has 13 heavy (non-hydrogen) atoms. The van der Waals surface area contributed by atoms with Gasteiger partial charge in [0.15, 0.2) is 0 Å². The lowest BCUT2D eigenvalue weighted by Gasteiger charge is -2.21. The lowest BCUT2D eigenvalue weighted by molar-refractivity contribution is 0.0832. The third-order valence-corrected chi connectivity index (χ3v) is 2.73. The van der Waals surface area contributed by atoms with Crippen LogP contribution in [0.4, 0.5) is 0 Å². The highest BCUT2D eigenvalue weighted by Gasteiger charge is 2.28. The Balaban J connectivity index is 2.39. The quantitative estimate of drug-likeness (QED) is 0.715. The lowest BCUT2D eigenvalue weighted by Crippen LogP contribution is -2.42. The number of hydrogen-bond acceptors (Lipinski definition) is 3. The van der Waals surface area contributed by atoms with E-state index in [1.165, 1.54) is 6.42 Å². The second-order valence-electron chi connectivity index (χ2n) is 3.57. The maximum absolute atomic E-state index is 8.79. The van der Waals surface area contributed by atoms with Crippen molar-refractivity contribution in [3.63, 3.8) is 0 Å². The van der Waals surface area contributed by atoms with Crippen LogP contribution in [0, 0.1) is 11.3 Å². The molecule has 0 aliphatic heterocycles. The lowest BCUT2D eigenvalue weighted by atomic mass is 10.1. The molecule has 3 nitrogen and oxygen atoms in total. The van der Waals surface area contributed by atoms with Gasteiger partial charge >= 0.3 is 0 Å². The van der Waals surface area contributed by atoms with E-state index in [1.807, 2.05) is 6.92 Å². The number of nitriles is 1. The predicted molar refractivity (Wildman–Crippen MR) is 51.3 cm³/mol. The first kappa shape index (κ1) is 10.5. The standard InChI is InChI=1S/C10H18N2O/c1-3-8(7-11)12-9-5-4-6-10(9)13-2/h8-10,12H,3-6H2,1-2H3. The molecule has 3 unspecified atom stereocenters. The van der Waals surface area contributed by atoms with Gasteiger partial charge in [0.05, 0.1) is 18.2 Å². The first-order valence-corrected chi connectivity index (χ1v) is 5.00. The van der Waals surface area contributed by atoms with Crippen LogP contribution in [0.15, 0.2) is 0 Å². The number of nitrogens with zero attached hydrogens (tertiary/aromatic N) is 1. The number of hydrogen-bond donors (Lipinski definition) is 1. The van der Waals surface area contributed by atoms with Crippen LogP contribution in [0.2, 0.25) is 0 Å². The molecule has 0 amide bonds. The van der Waals surface area contributed by atoms with Crippen molar-refractivity contribution >= 4 is 0 Å². The van der Waals surface area contributed by atoms with Crippen LogP contribution < -0.4 is 5.32 Å². The molecule has 1 aliphatic rings. The number of rotatable bonds is 4. The van der Waals surface area contributed by atoms with Gasteiger partial charge in [0, 0.05) is 13.2 Å². The van der Waals surface area contributed by atoms with E-state index in [1.54, 1.807) is 7.11 Å². The van der Waals surface area contributed by atoms with Crippen molar-refractivity contribution in [3.8, 4) is 6.07 Å². The normalized spacial score (nSPS) is 29.9. The Morgan fingerprint density at radius 1 is 1.62 bits per heavy atom. The highest BCUT2D eigenvalue weighted by atomic mass is 16.5. The minimum absolute atomic E-state index is 0.0132. The van der Waals surface area contributed by atoms with Gasteiger partial charge in [-0.05, 0) is 25.7 Å². The van der Waals surface area contributed by atoms with E-state index in [-0.39, 0.29) is 6.04 Å². The summed E-state index contributed by atoms with van der Waals surface area (Å²) in [7, 11) is 1.75. The Morgan fingerprint density at radius 2 is 2.38 bits per heavy atom. The second kappa shape index (κ2) is 5.21. The number of ether oxygens (including phenoxy) is 1. The zero-order chi connectivity index (χ0) is 9.68. The fourth-order valence-corrected chi connectivity index (χ4v) is 1.90. The third-order valence-electron chi connectivity index (χ3n) is 2.73. The first-order chi connectivity index (χ1) is 6.31. The summed E-state index contributed by atoms with van der Waals surface area (Å²) in [4.78, 5) is 0. The third kappa shape index (κ3) is 2.68. The van der Waals surface area contributed by atoms with Crippen molar-refractivity contribution in [1.82, 2.24) is 5.32 Å². The van der Waals surface area contributed by atoms with Gasteiger partial charge < -0.3 is 4.74 Å². The van der Waals surface area contributed by atoms with E-state index >= 15 is 0 Å². The van der Waals surface area contributed by atoms with E-state index in [9.17, 15) is 0 Å². The molecule has 3 heteroatoms. The van der Waals surface area contributed by atoms with E-state index < -0.39 is 0 Å². The molecule has 0 aromatic rings. The van der Waals surface area contributed by atoms with E-state index in [0.29, 0.717) is 12.1 Å². The molecular weight excluding hydrogens is 164 g/mol. The smallest absolute Gasteiger partial charge is 0.0953 e. The molecule has 0 aromatic carbocycles. The highest BCUT2D eigenvalue weighted by Crippen LogP contribution is 2.21. The summed E-state index contributed by atoms with van der Waals surface area (Å²) in [5, 5.41) is 12.1. The van der Waals surface area contributed by atoms with Gasteiger partial charge in [0.1, 0.15) is 0 Å². The molecule has 1 rings (SSSR count). The topological polar surface area (TPSA) is 45.0 Å². The first-order valence-electron chi connectivity index (χ1n) is 5.00. The van der Waals surface area contributed by atoms with Crippen LogP contribution in [0.5, 0.6) is 0 Å². The van der Waals surface area contributed by atoms with Gasteiger partial charge in [-0.1, -0.05) is 6.92 Å². The maximum atomic E-state index is 8.79. The molecule has 1 saturated carbocycles. The van der Waals surface area contributed by atoms with Crippen LogP contribution in [-0.4, -0.2) is 25.3 Å². The summed E-state index contributed by atoms with van der Waals surface area (Å²) in [6.45, 7) is 2.03. The summed E-state index contributed by atoms with van der Waals surface area (Å²) in [5.41, 5.74) is 0. The molecule has 1 N–H and O–H groups in total. The summed E-state index contributed by atoms with van der Waals surface area (Å²) in [6, 6.07) is 2.63. The molecule has 74 valence electrons. The Labute approximate surface area is 80.1 Å². The van der Waals surface area contributed by atoms with Crippen molar-refractivity contribution < 1.29 is 4.74 Å². The molecule has 0 radical (unpaired) electrons. The number of nitrogens with one attached hydrogen (secondary N) is 1. The summed E-state index contributed by atoms with van der Waals surface area (Å²) >= 11 is 0. The SMILES string of the molecule is CCC(C#N)NC1CCCC1OC. The minimum atomic E-state index is -0.0132. The van der Waals surface area contributed by atoms with Crippen molar-refractivity contribution in [1.29, 1.82) is 5.26 Å². The van der Waals surface area contributed by atoms with E-state index in [2.05, 4.69) is 11.4 Å². The fraction of sp³-hybridized carbons (Fsp3) is 0.900. The average Bonchev–Trinajstić information content (AvgIpc) is 2.61. The summed E-state index contributed by atoms with van der Waals surface area (Å²) < 4.78 is 5.34. The van der Waals surface area contributed by atoms with Gasteiger partial charge in [-0.2, -0.15) is 5.26 Å². The number of methoxy groups -OCH3 is 1. The Morgan fingerprint density at radius 3 is 2.92 bits per heavy atom. The Bertz CT molecular complexity index is 188. The monoisotopic (exact) mass is 182 g/mol. The zero-order valence-corrected chi connectivity index (χ0v) is 8.42. The Hall–Kier alpha value is -0.590. The molecule has 3 atom stereocenters. The molecule has 1 aliphatic carbocycles. The van der Waals surface area contributed by atoms with Crippen LogP contribution in [0.3, 0.4) is 0 Å². The minimum Gasteiger partial charge on any atom is -0.380 e. The van der Waals surface area contributed by atoms with Crippen molar-refractivity contribution in [2.24, 2.45) is 0 Å². The van der Waals surface area contributed by atoms with Gasteiger partial charge in [-0.25, -0.2) is 0 Å². The molecular formula is C10H18N2O. The largest absolute Gasteiger partial charge is 0.380 e. The van der Waals surface area contributed by atoms with Crippen molar-refractivity contribution in [3.05, 3.63) is 0 Å². The van der Waals surface area contributed by atoms with Crippen LogP contribution >= 0.6 is 0 Å². The molecule has 0 bridgehead atoms. The van der Waals surface area contributed by atoms with Gasteiger partial charge in [0.25, 0.3) is 0 Å². The Kier molecular flexibility index (Phi) is 4.20.